The van der Waals surface area contributed by atoms with Gasteiger partial charge in [-0.25, -0.2) is 4.79 Å². The first-order chi connectivity index (χ1) is 13.5. The first-order valence-corrected chi connectivity index (χ1v) is 9.28. The Morgan fingerprint density at radius 3 is 2.68 bits per heavy atom. The van der Waals surface area contributed by atoms with Crippen molar-refractivity contribution in [2.75, 3.05) is 26.4 Å². The van der Waals surface area contributed by atoms with Crippen LogP contribution in [0.15, 0.2) is 42.5 Å². The minimum absolute atomic E-state index is 0.107. The van der Waals surface area contributed by atoms with E-state index in [-0.39, 0.29) is 19.1 Å². The number of hydrogen-bond acceptors (Lipinski definition) is 5. The molecule has 28 heavy (non-hydrogen) atoms. The van der Waals surface area contributed by atoms with Gasteiger partial charge in [0.2, 0.25) is 0 Å². The fourth-order valence-electron chi connectivity index (χ4n) is 3.26. The molecule has 0 spiro atoms. The molecule has 2 aromatic carbocycles. The van der Waals surface area contributed by atoms with Crippen LogP contribution in [-0.2, 0) is 10.3 Å². The second-order valence-electron chi connectivity index (χ2n) is 6.65. The van der Waals surface area contributed by atoms with E-state index < -0.39 is 11.6 Å². The Hall–Kier alpha value is -2.93. The molecule has 1 atom stereocenters. The number of amides is 3. The number of ether oxygens (including phenoxy) is 3. The quantitative estimate of drug-likeness (QED) is 0.778. The number of para-hydroxylation sites is 1. The minimum Gasteiger partial charge on any atom is -0.490 e. The highest BCUT2D eigenvalue weighted by atomic mass is 35.5. The first kappa shape index (κ1) is 18.4. The maximum atomic E-state index is 13.0. The number of rotatable bonds is 5. The highest BCUT2D eigenvalue weighted by molar-refractivity contribution is 6.32. The molecular weight excluding hydrogens is 384 g/mol. The predicted molar refractivity (Wildman–Crippen MR) is 102 cm³/mol. The van der Waals surface area contributed by atoms with Crippen molar-refractivity contribution in [1.29, 1.82) is 0 Å². The molecule has 7 nitrogen and oxygen atoms in total. The van der Waals surface area contributed by atoms with Crippen LogP contribution in [0.5, 0.6) is 17.2 Å². The molecule has 0 aromatic heterocycles. The molecule has 146 valence electrons. The zero-order valence-electron chi connectivity index (χ0n) is 15.2. The molecule has 4 rings (SSSR count). The third-order valence-electron chi connectivity index (χ3n) is 4.80. The van der Waals surface area contributed by atoms with Crippen LogP contribution in [-0.4, -0.2) is 43.2 Å². The second-order valence-corrected chi connectivity index (χ2v) is 7.06. The van der Waals surface area contributed by atoms with E-state index in [9.17, 15) is 9.59 Å². The van der Waals surface area contributed by atoms with Gasteiger partial charge in [0.05, 0.1) is 11.6 Å². The largest absolute Gasteiger partial charge is 0.490 e. The van der Waals surface area contributed by atoms with E-state index in [0.717, 1.165) is 4.90 Å². The van der Waals surface area contributed by atoms with Gasteiger partial charge in [-0.3, -0.25) is 9.69 Å². The monoisotopic (exact) mass is 402 g/mol. The van der Waals surface area contributed by atoms with Crippen LogP contribution < -0.4 is 19.5 Å². The third kappa shape index (κ3) is 3.22. The van der Waals surface area contributed by atoms with Crippen molar-refractivity contribution < 1.29 is 23.8 Å². The van der Waals surface area contributed by atoms with Gasteiger partial charge in [0.1, 0.15) is 31.1 Å². The summed E-state index contributed by atoms with van der Waals surface area (Å²) in [5, 5.41) is 3.25. The summed E-state index contributed by atoms with van der Waals surface area (Å²) in [6.07, 6.45) is 0. The third-order valence-corrected chi connectivity index (χ3v) is 5.12. The smallest absolute Gasteiger partial charge is 0.325 e. The fourth-order valence-corrected chi connectivity index (χ4v) is 3.45. The Labute approximate surface area is 167 Å². The van der Waals surface area contributed by atoms with Gasteiger partial charge < -0.3 is 19.5 Å². The van der Waals surface area contributed by atoms with Gasteiger partial charge in [0, 0.05) is 0 Å². The molecule has 1 unspecified atom stereocenters. The Morgan fingerprint density at radius 2 is 1.89 bits per heavy atom. The molecule has 2 heterocycles. The fraction of sp³-hybridized carbons (Fsp3) is 0.300. The van der Waals surface area contributed by atoms with Crippen molar-refractivity contribution in [2.24, 2.45) is 0 Å². The summed E-state index contributed by atoms with van der Waals surface area (Å²) < 4.78 is 16.7. The van der Waals surface area contributed by atoms with Gasteiger partial charge in [-0.15, -0.1) is 0 Å². The maximum Gasteiger partial charge on any atom is 0.325 e. The molecule has 2 aliphatic heterocycles. The number of fused-ring (bicyclic) bond motifs is 1. The number of benzene rings is 2. The standard InChI is InChI=1S/C20H19ClN2O5/c1-20(13-6-7-16-17(12-13)28-11-10-27-16)18(24)23(19(25)22-20)8-9-26-15-5-3-2-4-14(15)21/h2-7,12H,8-11H2,1H3,(H,22,25). The zero-order chi connectivity index (χ0) is 19.7. The van der Waals surface area contributed by atoms with Gasteiger partial charge in [-0.2, -0.15) is 0 Å². The predicted octanol–water partition coefficient (Wildman–Crippen LogP) is 2.96. The van der Waals surface area contributed by atoms with Crippen molar-refractivity contribution in [3.05, 3.63) is 53.1 Å². The van der Waals surface area contributed by atoms with Gasteiger partial charge in [-0.1, -0.05) is 29.8 Å². The number of nitrogens with zero attached hydrogens (tertiary/aromatic N) is 1. The number of urea groups is 1. The number of halogens is 1. The van der Waals surface area contributed by atoms with Gasteiger partial charge in [0.25, 0.3) is 5.91 Å². The molecule has 3 amide bonds. The molecular formula is C20H19ClN2O5. The van der Waals surface area contributed by atoms with Crippen molar-refractivity contribution in [3.63, 3.8) is 0 Å². The average molecular weight is 403 g/mol. The molecule has 1 N–H and O–H groups in total. The van der Waals surface area contributed by atoms with E-state index in [1.165, 1.54) is 0 Å². The summed E-state index contributed by atoms with van der Waals surface area (Å²) in [6.45, 7) is 2.85. The van der Waals surface area contributed by atoms with Crippen molar-refractivity contribution in [2.45, 2.75) is 12.5 Å². The SMILES string of the molecule is CC1(c2ccc3c(c2)OCCO3)NC(=O)N(CCOc2ccccc2Cl)C1=O. The number of imide groups is 1. The van der Waals surface area contributed by atoms with Crippen molar-refractivity contribution in [1.82, 2.24) is 10.2 Å². The Morgan fingerprint density at radius 1 is 1.14 bits per heavy atom. The summed E-state index contributed by atoms with van der Waals surface area (Å²) in [6, 6.07) is 11.8. The number of carbonyl (C=O) groups excluding carboxylic acids is 2. The summed E-state index contributed by atoms with van der Waals surface area (Å²) in [7, 11) is 0. The molecule has 0 aliphatic carbocycles. The number of nitrogens with one attached hydrogen (secondary N) is 1. The summed E-state index contributed by atoms with van der Waals surface area (Å²) >= 11 is 6.05. The summed E-state index contributed by atoms with van der Waals surface area (Å²) in [5.74, 6) is 1.34. The molecule has 0 radical (unpaired) electrons. The number of hydrogen-bond donors (Lipinski definition) is 1. The summed E-state index contributed by atoms with van der Waals surface area (Å²) in [5.41, 5.74) is -0.554. The lowest BCUT2D eigenvalue weighted by Gasteiger charge is -2.25. The van der Waals surface area contributed by atoms with E-state index >= 15 is 0 Å². The average Bonchev–Trinajstić information content (AvgIpc) is 2.93. The molecule has 1 fully saturated rings. The van der Waals surface area contributed by atoms with Crippen LogP contribution in [0.4, 0.5) is 4.79 Å². The molecule has 0 saturated carbocycles. The minimum atomic E-state index is -1.18. The van der Waals surface area contributed by atoms with Crippen LogP contribution in [0.25, 0.3) is 0 Å². The van der Waals surface area contributed by atoms with Crippen LogP contribution >= 0.6 is 11.6 Å². The topological polar surface area (TPSA) is 77.1 Å². The van der Waals surface area contributed by atoms with Crippen LogP contribution in [0.3, 0.4) is 0 Å². The Balaban J connectivity index is 1.48. The van der Waals surface area contributed by atoms with E-state index in [4.69, 9.17) is 25.8 Å². The first-order valence-electron chi connectivity index (χ1n) is 8.90. The van der Waals surface area contributed by atoms with Gasteiger partial charge >= 0.3 is 6.03 Å². The van der Waals surface area contributed by atoms with Crippen LogP contribution in [0, 0.1) is 0 Å². The second kappa shape index (κ2) is 7.24. The Bertz CT molecular complexity index is 935. The lowest BCUT2D eigenvalue weighted by Crippen LogP contribution is -2.41. The number of carbonyl (C=O) groups is 2. The lowest BCUT2D eigenvalue weighted by atomic mass is 9.91. The van der Waals surface area contributed by atoms with E-state index in [0.29, 0.717) is 41.0 Å². The molecule has 2 aromatic rings. The normalized spacial score (nSPS) is 20.9. The van der Waals surface area contributed by atoms with E-state index in [1.807, 2.05) is 0 Å². The lowest BCUT2D eigenvalue weighted by molar-refractivity contribution is -0.131. The maximum absolute atomic E-state index is 13.0. The summed E-state index contributed by atoms with van der Waals surface area (Å²) in [4.78, 5) is 26.6. The molecule has 1 saturated heterocycles. The van der Waals surface area contributed by atoms with Crippen molar-refractivity contribution in [3.8, 4) is 17.2 Å². The van der Waals surface area contributed by atoms with Gasteiger partial charge in [-0.05, 0) is 36.8 Å². The zero-order valence-corrected chi connectivity index (χ0v) is 16.0. The highest BCUT2D eigenvalue weighted by Crippen LogP contribution is 2.36. The van der Waals surface area contributed by atoms with Crippen LogP contribution in [0.2, 0.25) is 5.02 Å². The van der Waals surface area contributed by atoms with E-state index in [1.54, 1.807) is 49.4 Å². The molecule has 0 bridgehead atoms. The molecule has 8 heteroatoms. The van der Waals surface area contributed by atoms with Crippen LogP contribution in [0.1, 0.15) is 12.5 Å². The highest BCUT2D eigenvalue weighted by Gasteiger charge is 2.49. The van der Waals surface area contributed by atoms with E-state index in [2.05, 4.69) is 5.32 Å². The Kier molecular flexibility index (Phi) is 4.77. The van der Waals surface area contributed by atoms with Crippen molar-refractivity contribution >= 4 is 23.5 Å². The van der Waals surface area contributed by atoms with Gasteiger partial charge in [0.15, 0.2) is 11.5 Å². The molecule has 2 aliphatic rings.